The highest BCUT2D eigenvalue weighted by Crippen LogP contribution is 2.15. The smallest absolute Gasteiger partial charge is 0.319 e. The maximum atomic E-state index is 12.1. The third kappa shape index (κ3) is 3.77. The van der Waals surface area contributed by atoms with E-state index in [-0.39, 0.29) is 12.1 Å². The number of carbonyl (C=O) groups excluding carboxylic acids is 1. The Bertz CT molecular complexity index is 769. The minimum absolute atomic E-state index is 0.0644. The van der Waals surface area contributed by atoms with E-state index in [9.17, 15) is 4.79 Å². The Morgan fingerprint density at radius 3 is 2.65 bits per heavy atom. The van der Waals surface area contributed by atoms with Crippen molar-refractivity contribution in [1.82, 2.24) is 15.1 Å². The molecule has 2 N–H and O–H groups in total. The lowest BCUT2D eigenvalue weighted by atomic mass is 10.1. The molecule has 2 aromatic carbocycles. The van der Waals surface area contributed by atoms with Gasteiger partial charge in [-0.1, -0.05) is 36.4 Å². The Morgan fingerprint density at radius 2 is 1.91 bits per heavy atom. The van der Waals surface area contributed by atoms with E-state index in [1.165, 1.54) is 0 Å². The number of carbonyl (C=O) groups is 1. The summed E-state index contributed by atoms with van der Waals surface area (Å²) in [6.45, 7) is 1.95. The lowest BCUT2D eigenvalue weighted by Gasteiger charge is -2.15. The van der Waals surface area contributed by atoms with Crippen LogP contribution in [-0.2, 0) is 0 Å². The highest BCUT2D eigenvalue weighted by atomic mass is 16.2. The molecule has 3 aromatic rings. The van der Waals surface area contributed by atoms with Crippen LogP contribution in [0.2, 0.25) is 0 Å². The van der Waals surface area contributed by atoms with E-state index >= 15 is 0 Å². The third-order valence-corrected chi connectivity index (χ3v) is 3.52. The van der Waals surface area contributed by atoms with Crippen molar-refractivity contribution in [3.8, 4) is 5.69 Å². The van der Waals surface area contributed by atoms with Crippen molar-refractivity contribution in [3.63, 3.8) is 0 Å². The number of rotatable bonds is 4. The third-order valence-electron chi connectivity index (χ3n) is 3.52. The molecule has 0 aliphatic heterocycles. The fraction of sp³-hybridized carbons (Fsp3) is 0.111. The molecule has 5 heteroatoms. The molecule has 0 radical (unpaired) electrons. The first-order valence-corrected chi connectivity index (χ1v) is 7.45. The van der Waals surface area contributed by atoms with E-state index in [0.29, 0.717) is 0 Å². The van der Waals surface area contributed by atoms with Crippen LogP contribution in [0.4, 0.5) is 10.5 Å². The van der Waals surface area contributed by atoms with Gasteiger partial charge in [0.1, 0.15) is 0 Å². The molecule has 0 bridgehead atoms. The topological polar surface area (TPSA) is 59.0 Å². The normalized spacial score (nSPS) is 11.7. The maximum Gasteiger partial charge on any atom is 0.319 e. The summed E-state index contributed by atoms with van der Waals surface area (Å²) in [5.41, 5.74) is 2.67. The summed E-state index contributed by atoms with van der Waals surface area (Å²) >= 11 is 0. The molecule has 3 rings (SSSR count). The van der Waals surface area contributed by atoms with Gasteiger partial charge in [0.2, 0.25) is 0 Å². The molecule has 2 amide bonds. The van der Waals surface area contributed by atoms with Gasteiger partial charge in [0, 0.05) is 18.1 Å². The average Bonchev–Trinajstić information content (AvgIpc) is 3.10. The second-order valence-corrected chi connectivity index (χ2v) is 5.23. The van der Waals surface area contributed by atoms with Gasteiger partial charge in [-0.15, -0.1) is 0 Å². The predicted molar refractivity (Wildman–Crippen MR) is 90.6 cm³/mol. The van der Waals surface area contributed by atoms with E-state index in [1.54, 1.807) is 10.9 Å². The number of aromatic nitrogens is 2. The summed E-state index contributed by atoms with van der Waals surface area (Å²) in [5, 5.41) is 9.96. The second kappa shape index (κ2) is 6.79. The molecule has 1 aromatic heterocycles. The summed E-state index contributed by atoms with van der Waals surface area (Å²) in [7, 11) is 0. The van der Waals surface area contributed by atoms with Crippen LogP contribution < -0.4 is 10.6 Å². The number of amides is 2. The maximum absolute atomic E-state index is 12.1. The molecular formula is C18H18N4O. The van der Waals surface area contributed by atoms with Crippen molar-refractivity contribution < 1.29 is 4.79 Å². The van der Waals surface area contributed by atoms with Crippen molar-refractivity contribution in [1.29, 1.82) is 0 Å². The lowest BCUT2D eigenvalue weighted by molar-refractivity contribution is 0.249. The van der Waals surface area contributed by atoms with Crippen molar-refractivity contribution in [3.05, 3.63) is 78.6 Å². The molecule has 0 saturated heterocycles. The van der Waals surface area contributed by atoms with Gasteiger partial charge >= 0.3 is 6.03 Å². The number of hydrogen-bond acceptors (Lipinski definition) is 2. The highest BCUT2D eigenvalue weighted by Gasteiger charge is 2.09. The molecule has 0 aliphatic rings. The average molecular weight is 306 g/mol. The first kappa shape index (κ1) is 14.8. The van der Waals surface area contributed by atoms with Crippen LogP contribution in [0.5, 0.6) is 0 Å². The molecule has 0 aliphatic carbocycles. The number of benzene rings is 2. The minimum Gasteiger partial charge on any atom is -0.331 e. The van der Waals surface area contributed by atoms with Gasteiger partial charge in [0.05, 0.1) is 11.7 Å². The molecule has 1 atom stereocenters. The summed E-state index contributed by atoms with van der Waals surface area (Å²) in [5.74, 6) is 0. The van der Waals surface area contributed by atoms with Crippen LogP contribution in [0.1, 0.15) is 18.5 Å². The molecule has 0 saturated carbocycles. The first-order valence-electron chi connectivity index (χ1n) is 7.45. The standard InChI is InChI=1S/C18H18N4O/c1-14(15-7-3-2-4-8-15)20-18(23)21-16-9-5-10-17(13-16)22-12-6-11-19-22/h2-14H,1H3,(H2,20,21,23). The second-order valence-electron chi connectivity index (χ2n) is 5.23. The Labute approximate surface area is 135 Å². The van der Waals surface area contributed by atoms with E-state index in [0.717, 1.165) is 16.9 Å². The highest BCUT2D eigenvalue weighted by molar-refractivity contribution is 5.89. The van der Waals surface area contributed by atoms with Crippen molar-refractivity contribution >= 4 is 11.7 Å². The number of hydrogen-bond donors (Lipinski definition) is 2. The van der Waals surface area contributed by atoms with Crippen LogP contribution in [-0.4, -0.2) is 15.8 Å². The van der Waals surface area contributed by atoms with Crippen LogP contribution >= 0.6 is 0 Å². The number of nitrogens with one attached hydrogen (secondary N) is 2. The summed E-state index contributed by atoms with van der Waals surface area (Å²) < 4.78 is 1.75. The first-order chi connectivity index (χ1) is 11.2. The SMILES string of the molecule is CC(NC(=O)Nc1cccc(-n2cccn2)c1)c1ccccc1. The zero-order chi connectivity index (χ0) is 16.1. The fourth-order valence-corrected chi connectivity index (χ4v) is 2.34. The fourth-order valence-electron chi connectivity index (χ4n) is 2.34. The van der Waals surface area contributed by atoms with Gasteiger partial charge in [0.15, 0.2) is 0 Å². The van der Waals surface area contributed by atoms with Crippen LogP contribution in [0, 0.1) is 0 Å². The molecule has 116 valence electrons. The Kier molecular flexibility index (Phi) is 4.38. The number of urea groups is 1. The van der Waals surface area contributed by atoms with Gasteiger partial charge in [-0.05, 0) is 36.8 Å². The minimum atomic E-state index is -0.237. The van der Waals surface area contributed by atoms with E-state index in [4.69, 9.17) is 0 Å². The summed E-state index contributed by atoms with van der Waals surface area (Å²) in [6.07, 6.45) is 3.57. The molecule has 0 fully saturated rings. The van der Waals surface area contributed by atoms with Crippen molar-refractivity contribution in [2.45, 2.75) is 13.0 Å². The van der Waals surface area contributed by atoms with Gasteiger partial charge in [-0.25, -0.2) is 9.48 Å². The summed E-state index contributed by atoms with van der Waals surface area (Å²) in [4.78, 5) is 12.1. The summed E-state index contributed by atoms with van der Waals surface area (Å²) in [6, 6.07) is 18.9. The monoisotopic (exact) mass is 306 g/mol. The van der Waals surface area contributed by atoms with Gasteiger partial charge in [-0.3, -0.25) is 0 Å². The predicted octanol–water partition coefficient (Wildman–Crippen LogP) is 3.76. The van der Waals surface area contributed by atoms with Gasteiger partial charge in [0.25, 0.3) is 0 Å². The Morgan fingerprint density at radius 1 is 1.09 bits per heavy atom. The quantitative estimate of drug-likeness (QED) is 0.771. The van der Waals surface area contributed by atoms with Crippen molar-refractivity contribution in [2.24, 2.45) is 0 Å². The van der Waals surface area contributed by atoms with Gasteiger partial charge < -0.3 is 10.6 Å². The molecular weight excluding hydrogens is 288 g/mol. The largest absolute Gasteiger partial charge is 0.331 e. The van der Waals surface area contributed by atoms with Crippen LogP contribution in [0.3, 0.4) is 0 Å². The Balaban J connectivity index is 1.65. The number of anilines is 1. The van der Waals surface area contributed by atoms with Crippen LogP contribution in [0.15, 0.2) is 73.1 Å². The molecule has 1 heterocycles. The molecule has 0 spiro atoms. The van der Waals surface area contributed by atoms with E-state index in [2.05, 4.69) is 15.7 Å². The number of nitrogens with zero attached hydrogens (tertiary/aromatic N) is 2. The molecule has 23 heavy (non-hydrogen) atoms. The zero-order valence-electron chi connectivity index (χ0n) is 12.8. The van der Waals surface area contributed by atoms with Gasteiger partial charge in [-0.2, -0.15) is 5.10 Å². The van der Waals surface area contributed by atoms with Crippen molar-refractivity contribution in [2.75, 3.05) is 5.32 Å². The molecule has 1 unspecified atom stereocenters. The van der Waals surface area contributed by atoms with Crippen LogP contribution in [0.25, 0.3) is 5.69 Å². The van der Waals surface area contributed by atoms with E-state index in [1.807, 2.05) is 73.8 Å². The Hall–Kier alpha value is -3.08. The zero-order valence-corrected chi connectivity index (χ0v) is 12.8. The lowest BCUT2D eigenvalue weighted by Crippen LogP contribution is -2.31. The van der Waals surface area contributed by atoms with E-state index < -0.39 is 0 Å². The molecule has 5 nitrogen and oxygen atoms in total.